The number of methoxy groups -OCH3 is 1. The second kappa shape index (κ2) is 8.08. The van der Waals surface area contributed by atoms with Gasteiger partial charge in [-0.1, -0.05) is 6.07 Å². The molecule has 1 aliphatic heterocycles. The summed E-state index contributed by atoms with van der Waals surface area (Å²) in [5, 5.41) is 11.0. The molecule has 8 heteroatoms. The third-order valence-corrected chi connectivity index (χ3v) is 4.57. The number of carbonyl (C=O) groups excluding carboxylic acids is 1. The number of carbonyl (C=O) groups is 1. The maximum atomic E-state index is 12.9. The zero-order valence-electron chi connectivity index (χ0n) is 15.6. The predicted octanol–water partition coefficient (Wildman–Crippen LogP) is 3.16. The number of nitrogens with one attached hydrogen (secondary N) is 1. The van der Waals surface area contributed by atoms with Crippen molar-refractivity contribution in [3.8, 4) is 23.0 Å². The number of hydrogen-bond donors (Lipinski definition) is 1. The second-order valence-electron chi connectivity index (χ2n) is 6.48. The number of amides is 1. The molecule has 0 aliphatic carbocycles. The van der Waals surface area contributed by atoms with Gasteiger partial charge >= 0.3 is 0 Å². The Balaban J connectivity index is 1.71. The van der Waals surface area contributed by atoms with Gasteiger partial charge in [0.2, 0.25) is 0 Å². The molecule has 0 saturated heterocycles. The van der Waals surface area contributed by atoms with Crippen molar-refractivity contribution in [1.29, 1.82) is 0 Å². The lowest BCUT2D eigenvalue weighted by atomic mass is 10.1. The van der Waals surface area contributed by atoms with Gasteiger partial charge < -0.3 is 19.4 Å². The van der Waals surface area contributed by atoms with Crippen LogP contribution in [-0.4, -0.2) is 39.4 Å². The number of fused-ring (bicyclic) bond motifs is 5. The fourth-order valence-corrected chi connectivity index (χ4v) is 3.11. The number of anilines is 1. The highest BCUT2D eigenvalue weighted by Crippen LogP contribution is 2.26. The van der Waals surface area contributed by atoms with Crippen LogP contribution < -0.4 is 14.8 Å². The first-order valence-electron chi connectivity index (χ1n) is 9.22. The fourth-order valence-electron chi connectivity index (χ4n) is 3.11. The van der Waals surface area contributed by atoms with Crippen molar-refractivity contribution in [2.45, 2.75) is 25.8 Å². The van der Waals surface area contributed by atoms with Gasteiger partial charge in [0.05, 0.1) is 19.3 Å². The van der Waals surface area contributed by atoms with E-state index in [9.17, 15) is 4.79 Å². The van der Waals surface area contributed by atoms with E-state index in [1.807, 2.05) is 16.7 Å². The minimum atomic E-state index is -0.310. The van der Waals surface area contributed by atoms with Gasteiger partial charge in [0.15, 0.2) is 5.82 Å². The molecule has 28 heavy (non-hydrogen) atoms. The molecule has 0 spiro atoms. The first-order chi connectivity index (χ1) is 13.7. The molecule has 8 nitrogen and oxygen atoms in total. The third-order valence-electron chi connectivity index (χ3n) is 4.57. The molecule has 0 fully saturated rings. The molecule has 0 saturated carbocycles. The second-order valence-corrected chi connectivity index (χ2v) is 6.48. The van der Waals surface area contributed by atoms with E-state index in [1.54, 1.807) is 37.7 Å². The number of hydrogen-bond acceptors (Lipinski definition) is 6. The van der Waals surface area contributed by atoms with Crippen LogP contribution in [0.1, 0.15) is 29.6 Å². The quantitative estimate of drug-likeness (QED) is 0.698. The normalized spacial score (nSPS) is 14.5. The standard InChI is InChI=1S/C20H21N5O3/c1-27-14-8-9-17-15(12-14)20(26)23-18-7-5-6-16(22-18)19-24-21-13-25(19)10-3-2-4-11-28-17/h5-9,12-13H,2-4,10-11H2,1H3,(H,22,23,26). The molecule has 1 aliphatic rings. The Labute approximate surface area is 162 Å². The average molecular weight is 379 g/mol. The molecule has 0 radical (unpaired) electrons. The van der Waals surface area contributed by atoms with Crippen LogP contribution in [0.15, 0.2) is 42.7 Å². The summed E-state index contributed by atoms with van der Waals surface area (Å²) in [6.45, 7) is 1.34. The predicted molar refractivity (Wildman–Crippen MR) is 104 cm³/mol. The maximum absolute atomic E-state index is 12.9. The Morgan fingerprint density at radius 1 is 1.18 bits per heavy atom. The third kappa shape index (κ3) is 3.80. The van der Waals surface area contributed by atoms with Crippen LogP contribution >= 0.6 is 0 Å². The van der Waals surface area contributed by atoms with E-state index < -0.39 is 0 Å². The smallest absolute Gasteiger partial charge is 0.260 e. The topological polar surface area (TPSA) is 91.2 Å². The van der Waals surface area contributed by atoms with Crippen molar-refractivity contribution in [2.75, 3.05) is 19.0 Å². The molecule has 0 unspecified atom stereocenters. The summed E-state index contributed by atoms with van der Waals surface area (Å²) in [5.41, 5.74) is 1.07. The van der Waals surface area contributed by atoms with Crippen molar-refractivity contribution < 1.29 is 14.3 Å². The lowest BCUT2D eigenvalue weighted by molar-refractivity contribution is 0.102. The maximum Gasteiger partial charge on any atom is 0.260 e. The van der Waals surface area contributed by atoms with Gasteiger partial charge in [-0.05, 0) is 49.6 Å². The number of benzene rings is 1. The van der Waals surface area contributed by atoms with E-state index in [2.05, 4.69) is 20.5 Å². The van der Waals surface area contributed by atoms with Crippen LogP contribution in [0.2, 0.25) is 0 Å². The van der Waals surface area contributed by atoms with Gasteiger partial charge in [0.25, 0.3) is 5.91 Å². The Hall–Kier alpha value is -3.42. The van der Waals surface area contributed by atoms with Gasteiger partial charge in [-0.3, -0.25) is 4.79 Å². The Morgan fingerprint density at radius 3 is 3.00 bits per heavy atom. The fraction of sp³-hybridized carbons (Fsp3) is 0.300. The SMILES string of the molecule is COc1ccc2c(c1)C(=O)Nc1cccc(n1)-c1nncn1CCCCCO2. The zero-order chi connectivity index (χ0) is 19.3. The first kappa shape index (κ1) is 18.0. The van der Waals surface area contributed by atoms with E-state index in [0.717, 1.165) is 25.8 Å². The zero-order valence-corrected chi connectivity index (χ0v) is 15.6. The van der Waals surface area contributed by atoms with Gasteiger partial charge in [0, 0.05) is 6.54 Å². The van der Waals surface area contributed by atoms with Crippen LogP contribution in [0.4, 0.5) is 5.82 Å². The van der Waals surface area contributed by atoms with Gasteiger partial charge in [-0.2, -0.15) is 0 Å². The summed E-state index contributed by atoms with van der Waals surface area (Å²) in [6.07, 6.45) is 4.55. The van der Waals surface area contributed by atoms with E-state index in [-0.39, 0.29) is 5.91 Å². The highest BCUT2D eigenvalue weighted by Gasteiger charge is 2.17. The van der Waals surface area contributed by atoms with Crippen molar-refractivity contribution in [3.05, 3.63) is 48.3 Å². The largest absolute Gasteiger partial charge is 0.497 e. The molecular weight excluding hydrogens is 358 g/mol. The number of nitrogens with zero attached hydrogens (tertiary/aromatic N) is 4. The molecule has 3 heterocycles. The minimum Gasteiger partial charge on any atom is -0.497 e. The molecule has 3 aromatic rings. The van der Waals surface area contributed by atoms with Gasteiger partial charge in [-0.25, -0.2) is 4.98 Å². The first-order valence-corrected chi connectivity index (χ1v) is 9.22. The summed E-state index contributed by atoms with van der Waals surface area (Å²) < 4.78 is 13.1. The highest BCUT2D eigenvalue weighted by molar-refractivity contribution is 6.06. The van der Waals surface area contributed by atoms with Crippen LogP contribution in [0, 0.1) is 0 Å². The summed E-state index contributed by atoms with van der Waals surface area (Å²) in [5.74, 6) is 1.92. The number of pyridine rings is 1. The van der Waals surface area contributed by atoms with Crippen molar-refractivity contribution >= 4 is 11.7 Å². The van der Waals surface area contributed by atoms with E-state index >= 15 is 0 Å². The Morgan fingerprint density at radius 2 is 2.11 bits per heavy atom. The van der Waals surface area contributed by atoms with E-state index in [0.29, 0.717) is 41.0 Å². The minimum absolute atomic E-state index is 0.310. The van der Waals surface area contributed by atoms with E-state index in [1.165, 1.54) is 0 Å². The highest BCUT2D eigenvalue weighted by atomic mass is 16.5. The van der Waals surface area contributed by atoms with Crippen LogP contribution in [0.25, 0.3) is 11.5 Å². The molecule has 1 amide bonds. The van der Waals surface area contributed by atoms with Crippen molar-refractivity contribution in [3.63, 3.8) is 0 Å². The lowest BCUT2D eigenvalue weighted by Gasteiger charge is -2.13. The summed E-state index contributed by atoms with van der Waals surface area (Å²) in [6, 6.07) is 10.6. The van der Waals surface area contributed by atoms with Crippen molar-refractivity contribution in [2.24, 2.45) is 0 Å². The van der Waals surface area contributed by atoms with Gasteiger partial charge in [0.1, 0.15) is 29.3 Å². The van der Waals surface area contributed by atoms with Gasteiger partial charge in [-0.15, -0.1) is 10.2 Å². The van der Waals surface area contributed by atoms with Crippen LogP contribution in [-0.2, 0) is 6.54 Å². The summed E-state index contributed by atoms with van der Waals surface area (Å²) in [7, 11) is 1.56. The molecule has 2 bridgehead atoms. The summed E-state index contributed by atoms with van der Waals surface area (Å²) >= 11 is 0. The monoisotopic (exact) mass is 379 g/mol. The lowest BCUT2D eigenvalue weighted by Crippen LogP contribution is -2.15. The number of aromatic nitrogens is 4. The molecule has 4 rings (SSSR count). The Kier molecular flexibility index (Phi) is 5.18. The number of rotatable bonds is 1. The number of ether oxygens (including phenoxy) is 2. The molecule has 0 atom stereocenters. The molecule has 144 valence electrons. The van der Waals surface area contributed by atoms with E-state index in [4.69, 9.17) is 9.47 Å². The summed E-state index contributed by atoms with van der Waals surface area (Å²) in [4.78, 5) is 17.4. The molecule has 2 aromatic heterocycles. The molecule has 1 N–H and O–H groups in total. The van der Waals surface area contributed by atoms with Crippen LogP contribution in [0.5, 0.6) is 11.5 Å². The molecular formula is C20H21N5O3. The molecule has 1 aromatic carbocycles. The number of aryl methyl sites for hydroxylation is 1. The van der Waals surface area contributed by atoms with Crippen molar-refractivity contribution in [1.82, 2.24) is 19.7 Å². The Bertz CT molecular complexity index is 985. The van der Waals surface area contributed by atoms with Crippen LogP contribution in [0.3, 0.4) is 0 Å². The average Bonchev–Trinajstić information content (AvgIpc) is 3.18.